The fraction of sp³-hybridized carbons (Fsp3) is 0.211. The van der Waals surface area contributed by atoms with Gasteiger partial charge in [-0.25, -0.2) is 14.5 Å². The molecule has 0 saturated carbocycles. The Morgan fingerprint density at radius 1 is 0.923 bits per heavy atom. The fourth-order valence-electron chi connectivity index (χ4n) is 2.10. The normalized spacial score (nSPS) is 9.88. The number of carbonyl (C=O) groups excluding carboxylic acids is 2. The van der Waals surface area contributed by atoms with Crippen LogP contribution in [0.2, 0.25) is 0 Å². The van der Waals surface area contributed by atoms with Gasteiger partial charge in [0.05, 0.1) is 0 Å². The molecule has 7 heteroatoms. The van der Waals surface area contributed by atoms with Gasteiger partial charge in [-0.15, -0.1) is 0 Å². The van der Waals surface area contributed by atoms with Crippen LogP contribution in [0.5, 0.6) is 0 Å². The van der Waals surface area contributed by atoms with Gasteiger partial charge in [0.1, 0.15) is 13.2 Å². The molecule has 2 amide bonds. The minimum Gasteiger partial charge on any atom is -0.444 e. The van der Waals surface area contributed by atoms with Gasteiger partial charge in [-0.1, -0.05) is 60.7 Å². The maximum absolute atomic E-state index is 12.1. The van der Waals surface area contributed by atoms with Crippen molar-refractivity contribution in [3.8, 4) is 0 Å². The first-order valence-electron chi connectivity index (χ1n) is 8.14. The van der Waals surface area contributed by atoms with Crippen LogP contribution in [-0.4, -0.2) is 29.6 Å². The number of hydrogen-bond donors (Lipinski definition) is 2. The van der Waals surface area contributed by atoms with Crippen molar-refractivity contribution >= 4 is 18.1 Å². The molecule has 136 valence electrons. The van der Waals surface area contributed by atoms with E-state index in [2.05, 4.69) is 5.32 Å². The van der Waals surface area contributed by atoms with Gasteiger partial charge in [-0.05, 0) is 18.1 Å². The highest BCUT2D eigenvalue weighted by Gasteiger charge is 2.20. The van der Waals surface area contributed by atoms with Crippen molar-refractivity contribution in [3.63, 3.8) is 0 Å². The van der Waals surface area contributed by atoms with Gasteiger partial charge >= 0.3 is 12.2 Å². The Morgan fingerprint density at radius 3 is 1.92 bits per heavy atom. The summed E-state index contributed by atoms with van der Waals surface area (Å²) in [6, 6.07) is 18.4. The molecule has 2 rings (SSSR count). The summed E-state index contributed by atoms with van der Waals surface area (Å²) in [6.45, 7) is 2.01. The molecular formula is C19H21N3O4. The first-order valence-corrected chi connectivity index (χ1v) is 8.14. The molecule has 0 unspecified atom stereocenters. The topological polar surface area (TPSA) is 91.7 Å². The van der Waals surface area contributed by atoms with Gasteiger partial charge < -0.3 is 9.47 Å². The largest absolute Gasteiger partial charge is 0.444 e. The highest BCUT2D eigenvalue weighted by atomic mass is 16.6. The molecule has 0 spiro atoms. The van der Waals surface area contributed by atoms with E-state index >= 15 is 0 Å². The summed E-state index contributed by atoms with van der Waals surface area (Å²) < 4.78 is 10.2. The van der Waals surface area contributed by atoms with E-state index in [1.165, 1.54) is 0 Å². The van der Waals surface area contributed by atoms with Gasteiger partial charge in [-0.3, -0.25) is 10.7 Å². The average molecular weight is 355 g/mol. The highest BCUT2D eigenvalue weighted by molar-refractivity contribution is 5.99. The summed E-state index contributed by atoms with van der Waals surface area (Å²) in [5.74, 6) is -0.399. The van der Waals surface area contributed by atoms with E-state index in [0.717, 1.165) is 16.0 Å². The third-order valence-corrected chi connectivity index (χ3v) is 3.44. The number of amides is 2. The monoisotopic (exact) mass is 355 g/mol. The van der Waals surface area contributed by atoms with Crippen LogP contribution in [0.1, 0.15) is 18.1 Å². The molecule has 0 aliphatic rings. The van der Waals surface area contributed by atoms with Crippen molar-refractivity contribution in [1.82, 2.24) is 10.2 Å². The second-order valence-corrected chi connectivity index (χ2v) is 5.32. The van der Waals surface area contributed by atoms with Gasteiger partial charge in [0.2, 0.25) is 5.96 Å². The Kier molecular flexibility index (Phi) is 7.17. The quantitative estimate of drug-likeness (QED) is 0.634. The van der Waals surface area contributed by atoms with Gasteiger partial charge in [0.25, 0.3) is 0 Å². The van der Waals surface area contributed by atoms with Crippen LogP contribution >= 0.6 is 0 Å². The van der Waals surface area contributed by atoms with Gasteiger partial charge in [0, 0.05) is 6.54 Å². The van der Waals surface area contributed by atoms with Crippen LogP contribution in [0.3, 0.4) is 0 Å². The SMILES string of the molecule is CCN(C(=N)NC(=O)OCc1ccccc1)C(=O)OCc1ccccc1. The molecule has 0 bridgehead atoms. The zero-order valence-corrected chi connectivity index (χ0v) is 14.5. The van der Waals surface area contributed by atoms with Crippen molar-refractivity contribution in [2.75, 3.05) is 6.54 Å². The maximum Gasteiger partial charge on any atom is 0.416 e. The number of alkyl carbamates (subject to hydrolysis) is 1. The molecule has 0 saturated heterocycles. The molecule has 0 heterocycles. The van der Waals surface area contributed by atoms with Crippen LogP contribution in [0.15, 0.2) is 60.7 Å². The zero-order valence-electron chi connectivity index (χ0n) is 14.5. The van der Waals surface area contributed by atoms with E-state index < -0.39 is 18.1 Å². The lowest BCUT2D eigenvalue weighted by Crippen LogP contribution is -2.46. The summed E-state index contributed by atoms with van der Waals surface area (Å²) in [4.78, 5) is 24.9. The van der Waals surface area contributed by atoms with E-state index in [1.807, 2.05) is 60.7 Å². The molecule has 0 aliphatic carbocycles. The summed E-state index contributed by atoms with van der Waals surface area (Å²) in [5.41, 5.74) is 1.66. The molecule has 0 radical (unpaired) electrons. The van der Waals surface area contributed by atoms with Crippen LogP contribution in [0, 0.1) is 5.41 Å². The fourth-order valence-corrected chi connectivity index (χ4v) is 2.10. The van der Waals surface area contributed by atoms with Gasteiger partial charge in [0.15, 0.2) is 0 Å². The van der Waals surface area contributed by atoms with Crippen molar-refractivity contribution < 1.29 is 19.1 Å². The van der Waals surface area contributed by atoms with Crippen molar-refractivity contribution in [2.45, 2.75) is 20.1 Å². The predicted octanol–water partition coefficient (Wildman–Crippen LogP) is 3.51. The lowest BCUT2D eigenvalue weighted by molar-refractivity contribution is 0.115. The molecule has 0 aromatic heterocycles. The number of carbonyl (C=O) groups is 2. The Labute approximate surface area is 152 Å². The molecule has 2 N–H and O–H groups in total. The van der Waals surface area contributed by atoms with Gasteiger partial charge in [-0.2, -0.15) is 0 Å². The second kappa shape index (κ2) is 9.83. The third-order valence-electron chi connectivity index (χ3n) is 3.44. The molecule has 2 aromatic carbocycles. The number of nitrogens with one attached hydrogen (secondary N) is 2. The van der Waals surface area contributed by atoms with E-state index in [-0.39, 0.29) is 19.8 Å². The smallest absolute Gasteiger partial charge is 0.416 e. The van der Waals surface area contributed by atoms with E-state index in [0.29, 0.717) is 0 Å². The zero-order chi connectivity index (χ0) is 18.8. The lowest BCUT2D eigenvalue weighted by Gasteiger charge is -2.21. The van der Waals surface area contributed by atoms with E-state index in [9.17, 15) is 9.59 Å². The number of benzene rings is 2. The van der Waals surface area contributed by atoms with Crippen LogP contribution in [0.4, 0.5) is 9.59 Å². The number of hydrogen-bond acceptors (Lipinski definition) is 5. The Hall–Kier alpha value is -3.35. The molecule has 0 aliphatic heterocycles. The Bertz CT molecular complexity index is 735. The van der Waals surface area contributed by atoms with Crippen molar-refractivity contribution in [2.24, 2.45) is 0 Å². The average Bonchev–Trinajstić information content (AvgIpc) is 2.67. The standard InChI is InChI=1S/C19H21N3O4/c1-2-22(19(24)26-14-16-11-7-4-8-12-16)17(20)21-18(23)25-13-15-9-5-3-6-10-15/h3-12H,2,13-14H2,1H3,(H2,20,21,23). The van der Waals surface area contributed by atoms with E-state index in [4.69, 9.17) is 14.9 Å². The summed E-state index contributed by atoms with van der Waals surface area (Å²) in [6.07, 6.45) is -1.53. The minimum atomic E-state index is -0.812. The lowest BCUT2D eigenvalue weighted by atomic mass is 10.2. The minimum absolute atomic E-state index is 0.0739. The van der Waals surface area contributed by atoms with Crippen molar-refractivity contribution in [3.05, 3.63) is 71.8 Å². The van der Waals surface area contributed by atoms with Crippen LogP contribution in [-0.2, 0) is 22.7 Å². The summed E-state index contributed by atoms with van der Waals surface area (Å²) in [7, 11) is 0. The Balaban J connectivity index is 1.81. The molecule has 0 atom stereocenters. The van der Waals surface area contributed by atoms with E-state index in [1.54, 1.807) is 6.92 Å². The Morgan fingerprint density at radius 2 is 1.42 bits per heavy atom. The number of nitrogens with zero attached hydrogens (tertiary/aromatic N) is 1. The molecule has 26 heavy (non-hydrogen) atoms. The maximum atomic E-state index is 12.1. The first-order chi connectivity index (χ1) is 12.6. The number of rotatable bonds is 5. The number of guanidine groups is 1. The van der Waals surface area contributed by atoms with Crippen molar-refractivity contribution in [1.29, 1.82) is 5.41 Å². The van der Waals surface area contributed by atoms with Crippen LogP contribution in [0.25, 0.3) is 0 Å². The molecule has 7 nitrogen and oxygen atoms in total. The second-order valence-electron chi connectivity index (χ2n) is 5.32. The van der Waals surface area contributed by atoms with Crippen LogP contribution < -0.4 is 5.32 Å². The predicted molar refractivity (Wildman–Crippen MR) is 96.5 cm³/mol. The summed E-state index contributed by atoms with van der Waals surface area (Å²) in [5, 5.41) is 10.1. The first kappa shape index (κ1) is 19.0. The number of ether oxygens (including phenoxy) is 2. The molecular weight excluding hydrogens is 334 g/mol. The molecule has 0 fully saturated rings. The highest BCUT2D eigenvalue weighted by Crippen LogP contribution is 2.04. The summed E-state index contributed by atoms with van der Waals surface area (Å²) >= 11 is 0. The molecule has 2 aromatic rings. The third kappa shape index (κ3) is 5.94.